The third-order valence-electron chi connectivity index (χ3n) is 2.52. The van der Waals surface area contributed by atoms with Gasteiger partial charge in [0.05, 0.1) is 0 Å². The Balaban J connectivity index is 2.33. The maximum atomic E-state index is 11.4. The average Bonchev–Trinajstić information content (AvgIpc) is 2.14. The molecule has 1 aliphatic heterocycles. The quantitative estimate of drug-likeness (QED) is 0.567. The number of carbonyl (C=O) groups excluding carboxylic acids is 3. The van der Waals surface area contributed by atoms with Gasteiger partial charge in [-0.2, -0.15) is 0 Å². The van der Waals surface area contributed by atoms with Gasteiger partial charge >= 0.3 is 6.03 Å². The Labute approximate surface area is 95.2 Å². The lowest BCUT2D eigenvalue weighted by atomic mass is 10.1. The molecule has 0 radical (unpaired) electrons. The molecule has 5 nitrogen and oxygen atoms in total. The van der Waals surface area contributed by atoms with E-state index in [4.69, 9.17) is 0 Å². The van der Waals surface area contributed by atoms with E-state index in [0.29, 0.717) is 12.5 Å². The molecule has 0 saturated carbocycles. The van der Waals surface area contributed by atoms with Gasteiger partial charge in [0, 0.05) is 6.54 Å². The van der Waals surface area contributed by atoms with E-state index in [2.05, 4.69) is 19.2 Å². The third kappa shape index (κ3) is 3.64. The molecule has 0 bridgehead atoms. The van der Waals surface area contributed by atoms with Crippen molar-refractivity contribution in [3.8, 4) is 0 Å². The fourth-order valence-electron chi connectivity index (χ4n) is 1.63. The normalized spacial score (nSPS) is 16.9. The average molecular weight is 226 g/mol. The predicted octanol–water partition coefficient (Wildman–Crippen LogP) is 1.28. The molecule has 0 aromatic heterocycles. The molecule has 5 heteroatoms. The zero-order chi connectivity index (χ0) is 12.1. The van der Waals surface area contributed by atoms with Crippen molar-refractivity contribution >= 4 is 17.8 Å². The monoisotopic (exact) mass is 226 g/mol. The molecule has 0 atom stereocenters. The van der Waals surface area contributed by atoms with Crippen molar-refractivity contribution in [3.05, 3.63) is 0 Å². The van der Waals surface area contributed by atoms with E-state index in [0.717, 1.165) is 24.2 Å². The van der Waals surface area contributed by atoms with Crippen molar-refractivity contribution < 1.29 is 14.4 Å². The van der Waals surface area contributed by atoms with Crippen LogP contribution in [0, 0.1) is 5.92 Å². The van der Waals surface area contributed by atoms with Gasteiger partial charge in [-0.1, -0.05) is 26.7 Å². The number of imide groups is 2. The zero-order valence-corrected chi connectivity index (χ0v) is 9.78. The number of amides is 4. The summed E-state index contributed by atoms with van der Waals surface area (Å²) < 4.78 is 0. The van der Waals surface area contributed by atoms with Crippen LogP contribution in [0.5, 0.6) is 0 Å². The Kier molecular flexibility index (Phi) is 4.46. The number of unbranched alkanes of at least 4 members (excludes halogenated alkanes) is 1. The van der Waals surface area contributed by atoms with Crippen molar-refractivity contribution in [2.75, 3.05) is 6.54 Å². The van der Waals surface area contributed by atoms with Gasteiger partial charge in [0.2, 0.25) is 11.8 Å². The Morgan fingerprint density at radius 1 is 1.25 bits per heavy atom. The predicted molar refractivity (Wildman–Crippen MR) is 58.6 cm³/mol. The fraction of sp³-hybridized carbons (Fsp3) is 0.727. The summed E-state index contributed by atoms with van der Waals surface area (Å²) in [6.07, 6.45) is 2.66. The molecule has 1 rings (SSSR count). The van der Waals surface area contributed by atoms with Crippen LogP contribution in [0.3, 0.4) is 0 Å². The van der Waals surface area contributed by atoms with Crippen molar-refractivity contribution in [2.24, 2.45) is 5.92 Å². The number of nitrogens with zero attached hydrogens (tertiary/aromatic N) is 1. The number of nitrogens with one attached hydrogen (secondary N) is 1. The summed E-state index contributed by atoms with van der Waals surface area (Å²) >= 11 is 0. The molecule has 0 unspecified atom stereocenters. The summed E-state index contributed by atoms with van der Waals surface area (Å²) in [7, 11) is 0. The van der Waals surface area contributed by atoms with E-state index in [9.17, 15) is 14.4 Å². The van der Waals surface area contributed by atoms with Crippen LogP contribution in [0.25, 0.3) is 0 Å². The van der Waals surface area contributed by atoms with E-state index >= 15 is 0 Å². The molecule has 4 amide bonds. The molecule has 1 saturated heterocycles. The first-order valence-electron chi connectivity index (χ1n) is 5.65. The van der Waals surface area contributed by atoms with E-state index < -0.39 is 17.8 Å². The zero-order valence-electron chi connectivity index (χ0n) is 9.78. The lowest BCUT2D eigenvalue weighted by Gasteiger charge is -2.24. The van der Waals surface area contributed by atoms with Gasteiger partial charge in [0.15, 0.2) is 0 Å². The first-order chi connectivity index (χ1) is 7.50. The molecular weight excluding hydrogens is 208 g/mol. The minimum absolute atomic E-state index is 0.212. The smallest absolute Gasteiger partial charge is 0.277 e. The van der Waals surface area contributed by atoms with Crippen molar-refractivity contribution in [1.29, 1.82) is 0 Å². The van der Waals surface area contributed by atoms with Crippen LogP contribution in [-0.2, 0) is 9.59 Å². The highest BCUT2D eigenvalue weighted by atomic mass is 16.2. The maximum absolute atomic E-state index is 11.4. The van der Waals surface area contributed by atoms with E-state index in [1.165, 1.54) is 0 Å². The minimum Gasteiger partial charge on any atom is -0.277 e. The van der Waals surface area contributed by atoms with Gasteiger partial charge in [-0.15, -0.1) is 0 Å². The molecule has 90 valence electrons. The van der Waals surface area contributed by atoms with E-state index in [-0.39, 0.29) is 6.42 Å². The third-order valence-corrected chi connectivity index (χ3v) is 2.52. The Hall–Kier alpha value is -1.39. The molecule has 1 heterocycles. The molecule has 0 aliphatic carbocycles. The van der Waals surface area contributed by atoms with Crippen LogP contribution in [0.4, 0.5) is 4.79 Å². The van der Waals surface area contributed by atoms with Crippen LogP contribution in [-0.4, -0.2) is 29.3 Å². The first-order valence-corrected chi connectivity index (χ1v) is 5.65. The van der Waals surface area contributed by atoms with Crippen LogP contribution in [0.15, 0.2) is 0 Å². The van der Waals surface area contributed by atoms with Gasteiger partial charge in [0.25, 0.3) is 0 Å². The lowest BCUT2D eigenvalue weighted by Crippen LogP contribution is -2.52. The molecule has 1 fully saturated rings. The Bertz CT molecular complexity index is 280. The van der Waals surface area contributed by atoms with Crippen LogP contribution in [0.1, 0.15) is 39.5 Å². The molecule has 0 aromatic rings. The largest absolute Gasteiger partial charge is 0.330 e. The Morgan fingerprint density at radius 3 is 2.50 bits per heavy atom. The second-order valence-electron chi connectivity index (χ2n) is 4.47. The number of rotatable bonds is 5. The van der Waals surface area contributed by atoms with Gasteiger partial charge in [-0.3, -0.25) is 19.8 Å². The van der Waals surface area contributed by atoms with Crippen molar-refractivity contribution in [3.63, 3.8) is 0 Å². The highest BCUT2D eigenvalue weighted by Gasteiger charge is 2.29. The van der Waals surface area contributed by atoms with Crippen LogP contribution >= 0.6 is 0 Å². The standard InChI is InChI=1S/C11H18N2O3/c1-8(2)5-3-4-6-13-10(15)7-9(14)12-11(13)16/h8H,3-7H2,1-2H3,(H,12,14,16). The maximum Gasteiger partial charge on any atom is 0.330 e. The molecule has 0 spiro atoms. The van der Waals surface area contributed by atoms with E-state index in [1.807, 2.05) is 0 Å². The minimum atomic E-state index is -0.578. The molecule has 1 aliphatic rings. The number of carbonyl (C=O) groups is 3. The summed E-state index contributed by atoms with van der Waals surface area (Å²) in [6, 6.07) is -0.578. The lowest BCUT2D eigenvalue weighted by molar-refractivity contribution is -0.136. The van der Waals surface area contributed by atoms with Gasteiger partial charge in [0.1, 0.15) is 6.42 Å². The van der Waals surface area contributed by atoms with Crippen LogP contribution in [0.2, 0.25) is 0 Å². The second-order valence-corrected chi connectivity index (χ2v) is 4.47. The summed E-state index contributed by atoms with van der Waals surface area (Å²) in [5, 5.41) is 2.14. The van der Waals surface area contributed by atoms with Gasteiger partial charge < -0.3 is 0 Å². The summed E-state index contributed by atoms with van der Waals surface area (Å²) in [5.41, 5.74) is 0. The topological polar surface area (TPSA) is 66.5 Å². The van der Waals surface area contributed by atoms with E-state index in [1.54, 1.807) is 0 Å². The number of barbiturate groups is 1. The molecule has 0 aromatic carbocycles. The highest BCUT2D eigenvalue weighted by Crippen LogP contribution is 2.09. The first kappa shape index (κ1) is 12.7. The number of hydrogen-bond acceptors (Lipinski definition) is 3. The van der Waals surface area contributed by atoms with Gasteiger partial charge in [-0.05, 0) is 12.3 Å². The van der Waals surface area contributed by atoms with Crippen molar-refractivity contribution in [1.82, 2.24) is 10.2 Å². The molecular formula is C11H18N2O3. The van der Waals surface area contributed by atoms with Crippen LogP contribution < -0.4 is 5.32 Å². The summed E-state index contributed by atoms with van der Waals surface area (Å²) in [6.45, 7) is 4.68. The summed E-state index contributed by atoms with van der Waals surface area (Å²) in [4.78, 5) is 34.7. The molecule has 16 heavy (non-hydrogen) atoms. The SMILES string of the molecule is CC(C)CCCCN1C(=O)CC(=O)NC1=O. The Morgan fingerprint density at radius 2 is 1.94 bits per heavy atom. The summed E-state index contributed by atoms with van der Waals surface area (Å²) in [5.74, 6) is -0.265. The second kappa shape index (κ2) is 5.63. The molecule has 1 N–H and O–H groups in total. The number of urea groups is 1. The van der Waals surface area contributed by atoms with Gasteiger partial charge in [-0.25, -0.2) is 4.79 Å². The highest BCUT2D eigenvalue weighted by molar-refractivity contribution is 6.14. The number of hydrogen-bond donors (Lipinski definition) is 1. The fourth-order valence-corrected chi connectivity index (χ4v) is 1.63. The van der Waals surface area contributed by atoms with Crippen molar-refractivity contribution in [2.45, 2.75) is 39.5 Å².